The minimum Gasteiger partial charge on any atom is -0.477 e. The lowest BCUT2D eigenvalue weighted by Gasteiger charge is -2.25. The second kappa shape index (κ2) is 12.3. The van der Waals surface area contributed by atoms with Crippen molar-refractivity contribution in [3.05, 3.63) is 123 Å². The van der Waals surface area contributed by atoms with E-state index in [4.69, 9.17) is 19.7 Å². The fourth-order valence-electron chi connectivity index (χ4n) is 4.48. The minimum absolute atomic E-state index is 0.128. The van der Waals surface area contributed by atoms with E-state index in [-0.39, 0.29) is 18.8 Å². The molecule has 0 saturated heterocycles. The van der Waals surface area contributed by atoms with Gasteiger partial charge in [0.25, 0.3) is 5.56 Å². The number of nitriles is 1. The minimum atomic E-state index is -0.745. The van der Waals surface area contributed by atoms with E-state index in [0.717, 1.165) is 19.2 Å². The van der Waals surface area contributed by atoms with E-state index in [9.17, 15) is 9.59 Å². The summed E-state index contributed by atoms with van der Waals surface area (Å²) < 4.78 is 14.8. The molecule has 2 heterocycles. The van der Waals surface area contributed by atoms with Gasteiger partial charge in [-0.3, -0.25) is 9.36 Å². The van der Waals surface area contributed by atoms with Crippen LogP contribution >= 0.6 is 49.9 Å². The van der Waals surface area contributed by atoms with Crippen molar-refractivity contribution < 1.29 is 14.3 Å². The Bertz CT molecular complexity index is 1840. The first kappa shape index (κ1) is 28.0. The zero-order chi connectivity index (χ0) is 28.2. The van der Waals surface area contributed by atoms with Crippen LogP contribution in [0.5, 0.6) is 5.75 Å². The predicted octanol–water partition coefficient (Wildman–Crippen LogP) is 5.21. The van der Waals surface area contributed by atoms with E-state index in [1.807, 2.05) is 78.9 Å². The lowest BCUT2D eigenvalue weighted by molar-refractivity contribution is -0.138. The van der Waals surface area contributed by atoms with E-state index in [0.29, 0.717) is 31.9 Å². The van der Waals surface area contributed by atoms with E-state index < -0.39 is 12.0 Å². The molecule has 0 spiro atoms. The number of esters is 1. The van der Waals surface area contributed by atoms with Crippen molar-refractivity contribution in [2.24, 2.45) is 4.99 Å². The highest BCUT2D eigenvalue weighted by molar-refractivity contribution is 14.1. The van der Waals surface area contributed by atoms with Gasteiger partial charge in [0.05, 0.1) is 32.0 Å². The average Bonchev–Trinajstić information content (AvgIpc) is 3.27. The third-order valence-electron chi connectivity index (χ3n) is 6.09. The van der Waals surface area contributed by atoms with Crippen molar-refractivity contribution in [3.8, 4) is 11.8 Å². The highest BCUT2D eigenvalue weighted by Gasteiger charge is 2.35. The Kier molecular flexibility index (Phi) is 8.63. The van der Waals surface area contributed by atoms with Gasteiger partial charge in [-0.25, -0.2) is 9.79 Å². The van der Waals surface area contributed by atoms with Gasteiger partial charge in [-0.05, 0) is 53.3 Å². The van der Waals surface area contributed by atoms with E-state index in [2.05, 4.69) is 38.5 Å². The van der Waals surface area contributed by atoms with E-state index in [1.54, 1.807) is 17.6 Å². The third-order valence-corrected chi connectivity index (χ3v) is 8.34. The molecule has 0 N–H and O–H groups in total. The number of ether oxygens (including phenoxy) is 2. The summed E-state index contributed by atoms with van der Waals surface area (Å²) in [4.78, 5) is 32.9. The monoisotopic (exact) mass is 725 g/mol. The molecule has 1 aliphatic heterocycles. The Balaban J connectivity index is 1.82. The van der Waals surface area contributed by atoms with Gasteiger partial charge in [0.15, 0.2) is 11.4 Å². The van der Waals surface area contributed by atoms with Gasteiger partial charge >= 0.3 is 5.97 Å². The molecule has 5 rings (SSSR count). The molecule has 0 aliphatic carbocycles. The normalized spacial score (nSPS) is 14.8. The molecule has 0 bridgehead atoms. The second-order valence-electron chi connectivity index (χ2n) is 8.59. The number of halogens is 2. The first-order chi connectivity index (χ1) is 19.4. The maximum Gasteiger partial charge on any atom is 0.338 e. The molecule has 7 nitrogen and oxygen atoms in total. The van der Waals surface area contributed by atoms with Crippen molar-refractivity contribution in [3.63, 3.8) is 0 Å². The molecule has 0 amide bonds. The van der Waals surface area contributed by atoms with Crippen LogP contribution in [0.1, 0.15) is 29.7 Å². The number of rotatable bonds is 7. The summed E-state index contributed by atoms with van der Waals surface area (Å²) in [6.07, 6.45) is 1.74. The fourth-order valence-corrected chi connectivity index (χ4v) is 7.17. The molecular weight excluding hydrogens is 705 g/mol. The van der Waals surface area contributed by atoms with Crippen LogP contribution in [0.2, 0.25) is 0 Å². The number of hydrogen-bond acceptors (Lipinski definition) is 7. The molecular formula is C30H21BrIN3O4S. The molecule has 200 valence electrons. The van der Waals surface area contributed by atoms with Crippen LogP contribution in [0.25, 0.3) is 11.8 Å². The van der Waals surface area contributed by atoms with Crippen LogP contribution < -0.4 is 19.6 Å². The van der Waals surface area contributed by atoms with Crippen LogP contribution in [-0.4, -0.2) is 23.8 Å². The Morgan fingerprint density at radius 3 is 2.55 bits per heavy atom. The molecule has 0 radical (unpaired) electrons. The van der Waals surface area contributed by atoms with Crippen LogP contribution in [0.4, 0.5) is 0 Å². The molecule has 3 aromatic carbocycles. The molecule has 4 aromatic rings. The lowest BCUT2D eigenvalue weighted by Crippen LogP contribution is -2.40. The second-order valence-corrected chi connectivity index (χ2v) is 11.7. The first-order valence-corrected chi connectivity index (χ1v) is 14.9. The van der Waals surface area contributed by atoms with Crippen molar-refractivity contribution in [2.75, 3.05) is 13.2 Å². The number of nitrogens with zero attached hydrogens (tertiary/aromatic N) is 3. The molecule has 0 unspecified atom stereocenters. The topological polar surface area (TPSA) is 93.7 Å². The summed E-state index contributed by atoms with van der Waals surface area (Å²) in [5.41, 5.74) is 2.62. The summed E-state index contributed by atoms with van der Waals surface area (Å²) in [6.45, 7) is 1.80. The SMILES string of the molecule is CCOC(=O)C1=C(c2ccccc2)N=c2s/c(=C\c3cc(Br)cc(I)c3OCC#N)c(=O)n2[C@H]1c1ccccc1. The first-order valence-electron chi connectivity index (χ1n) is 12.2. The molecule has 0 saturated carbocycles. The quantitative estimate of drug-likeness (QED) is 0.193. The van der Waals surface area contributed by atoms with Crippen molar-refractivity contribution in [1.29, 1.82) is 5.26 Å². The average molecular weight is 726 g/mol. The Hall–Kier alpha value is -3.53. The number of benzene rings is 3. The molecule has 10 heteroatoms. The largest absolute Gasteiger partial charge is 0.477 e. The summed E-state index contributed by atoms with van der Waals surface area (Å²) in [7, 11) is 0. The summed E-state index contributed by atoms with van der Waals surface area (Å²) in [5.74, 6) is -0.0186. The van der Waals surface area contributed by atoms with Gasteiger partial charge in [0.1, 0.15) is 11.8 Å². The van der Waals surface area contributed by atoms with Gasteiger partial charge in [-0.2, -0.15) is 5.26 Å². The Morgan fingerprint density at radius 1 is 1.18 bits per heavy atom. The standard InChI is InChI=1S/C30H21BrIN3O4S/c1-2-38-29(37)24-25(18-9-5-3-6-10-18)34-30-35(26(24)19-11-7-4-8-12-19)28(36)23(40-30)16-20-15-21(31)17-22(32)27(20)39-14-13-33/h3-12,15-17,26H,2,14H2,1H3/b23-16-/t26-/m0/s1. The Morgan fingerprint density at radius 2 is 1.88 bits per heavy atom. The van der Waals surface area contributed by atoms with Gasteiger partial charge in [0.2, 0.25) is 0 Å². The molecule has 0 fully saturated rings. The highest BCUT2D eigenvalue weighted by atomic mass is 127. The number of carbonyl (C=O) groups excluding carboxylic acids is 1. The van der Waals surface area contributed by atoms with Crippen molar-refractivity contribution in [2.45, 2.75) is 13.0 Å². The lowest BCUT2D eigenvalue weighted by atomic mass is 9.93. The van der Waals surface area contributed by atoms with Crippen LogP contribution in [-0.2, 0) is 9.53 Å². The summed E-state index contributed by atoms with van der Waals surface area (Å²) in [6, 6.07) is 23.8. The van der Waals surface area contributed by atoms with Crippen LogP contribution in [0, 0.1) is 14.9 Å². The fraction of sp³-hybridized carbons (Fsp3) is 0.133. The van der Waals surface area contributed by atoms with Crippen LogP contribution in [0.15, 0.2) is 92.6 Å². The molecule has 1 atom stereocenters. The van der Waals surface area contributed by atoms with E-state index >= 15 is 0 Å². The zero-order valence-corrected chi connectivity index (χ0v) is 25.7. The summed E-state index contributed by atoms with van der Waals surface area (Å²) >= 11 is 6.88. The maximum absolute atomic E-state index is 14.1. The van der Waals surface area contributed by atoms with Gasteiger partial charge in [-0.1, -0.05) is 87.9 Å². The highest BCUT2D eigenvalue weighted by Crippen LogP contribution is 2.35. The molecule has 1 aromatic heterocycles. The van der Waals surface area contributed by atoms with E-state index in [1.165, 1.54) is 11.3 Å². The van der Waals surface area contributed by atoms with Gasteiger partial charge in [-0.15, -0.1) is 0 Å². The number of thiazole rings is 1. The third kappa shape index (κ3) is 5.54. The van der Waals surface area contributed by atoms with Crippen molar-refractivity contribution in [1.82, 2.24) is 4.57 Å². The maximum atomic E-state index is 14.1. The van der Waals surface area contributed by atoms with Crippen molar-refractivity contribution >= 4 is 67.6 Å². The number of hydrogen-bond donors (Lipinski definition) is 0. The van der Waals surface area contributed by atoms with Crippen LogP contribution in [0.3, 0.4) is 0 Å². The predicted molar refractivity (Wildman–Crippen MR) is 165 cm³/mol. The molecule has 40 heavy (non-hydrogen) atoms. The Labute approximate surface area is 256 Å². The smallest absolute Gasteiger partial charge is 0.338 e. The zero-order valence-electron chi connectivity index (χ0n) is 21.1. The summed E-state index contributed by atoms with van der Waals surface area (Å²) in [5, 5.41) is 9.07. The number of aromatic nitrogens is 1. The number of fused-ring (bicyclic) bond motifs is 1. The molecule has 1 aliphatic rings. The van der Waals surface area contributed by atoms with Gasteiger partial charge < -0.3 is 9.47 Å². The van der Waals surface area contributed by atoms with Gasteiger partial charge in [0, 0.05) is 15.6 Å². The number of carbonyl (C=O) groups is 1.